The molecule has 0 rings (SSSR count). The van der Waals surface area contributed by atoms with Crippen molar-refractivity contribution in [2.75, 3.05) is 153 Å². The lowest BCUT2D eigenvalue weighted by Crippen LogP contribution is -2.14. The van der Waals surface area contributed by atoms with E-state index in [-0.39, 0.29) is 6.73 Å². The zero-order valence-corrected chi connectivity index (χ0v) is 102. The molecule has 0 radical (unpaired) electrons. The molecule has 0 saturated heterocycles. The molecule has 0 unspecified atom stereocenters. The minimum absolute atomic E-state index is 0.254. The molecule has 32 heteroatoms. The number of allylic oxidation sites excluding steroid dienone is 12. The van der Waals surface area contributed by atoms with E-state index in [1.807, 2.05) is 147 Å². The van der Waals surface area contributed by atoms with Gasteiger partial charge in [0.2, 0.25) is 0 Å². The van der Waals surface area contributed by atoms with Crippen LogP contribution in [0, 0.1) is 0 Å². The highest BCUT2D eigenvalue weighted by molar-refractivity contribution is 8.02. The molecule has 0 aliphatic heterocycles. The fourth-order valence-corrected chi connectivity index (χ4v) is 10.3. The van der Waals surface area contributed by atoms with Gasteiger partial charge >= 0.3 is 19.4 Å². The Bertz CT molecular complexity index is 2530. The number of carbonyl (C=O) groups is 5. The molecule has 0 aromatic carbocycles. The van der Waals surface area contributed by atoms with Crippen LogP contribution in [-0.2, 0) is 48.0 Å². The minimum atomic E-state index is 0.254. The summed E-state index contributed by atoms with van der Waals surface area (Å²) in [5, 5.41) is 45.1. The molecule has 0 aromatic rings. The quantitative estimate of drug-likeness (QED) is 0.00671. The summed E-state index contributed by atoms with van der Waals surface area (Å²) < 4.78 is 8.23. The van der Waals surface area contributed by atoms with Crippen molar-refractivity contribution < 1.29 is 48.0 Å². The SMILES string of the molecule is C=C.C=CCCC.CCC=CNCC.CCC=CNCC.CCCC=CNCC.CCCC=CNCCC=CNOC=O.CCCC=CNCCCCCNC=CSCC.CCCC=CNCOC=O.CCCC=CNOC=O.CCCC=CNOC=O.CCCCCCC=CNCC=CNCC.CCSC=CNCCCNC=CCCCCNC.CCSCC.CCSCC.CCSCCC=CNC.CN.COC=O. The zero-order valence-electron chi connectivity index (χ0n) is 98.0. The van der Waals surface area contributed by atoms with E-state index in [4.69, 9.17) is 4.79 Å². The highest BCUT2D eigenvalue weighted by Gasteiger charge is 1.91. The molecule has 0 aromatic heterocycles. The van der Waals surface area contributed by atoms with Crippen molar-refractivity contribution in [2.24, 2.45) is 5.73 Å². The summed E-state index contributed by atoms with van der Waals surface area (Å²) in [5.74, 6) is 9.80. The van der Waals surface area contributed by atoms with E-state index in [0.717, 1.165) is 161 Å². The van der Waals surface area contributed by atoms with Crippen LogP contribution >= 0.6 is 58.8 Å². The van der Waals surface area contributed by atoms with E-state index in [9.17, 15) is 19.2 Å². The third-order valence-corrected chi connectivity index (χ3v) is 19.1. The first-order valence-electron chi connectivity index (χ1n) is 54.1. The number of hydroxylamine groups is 3. The lowest BCUT2D eigenvalue weighted by Gasteiger charge is -2.02. The smallest absolute Gasteiger partial charge is 0.320 e. The maximum Gasteiger partial charge on any atom is 0.320 e. The first-order valence-corrected chi connectivity index (χ1v) is 59.6. The lowest BCUT2D eigenvalue weighted by atomic mass is 10.1. The number of nitrogens with two attached hydrogens (primary N) is 1. The summed E-state index contributed by atoms with van der Waals surface area (Å²) in [7, 11) is 6.73. The third kappa shape index (κ3) is 313. The van der Waals surface area contributed by atoms with Crippen LogP contribution in [0.25, 0.3) is 0 Å². The van der Waals surface area contributed by atoms with Crippen molar-refractivity contribution in [3.05, 3.63) is 209 Å². The van der Waals surface area contributed by atoms with Crippen LogP contribution in [-0.4, -0.2) is 185 Å². The topological polar surface area (TPSA) is 350 Å². The standard InChI is InChI=1S/C14H29N3S.C14H28N2S.C13H26N2.C10H18N2O2.C7H13NO2.C7H15NS.C7H15N.2C6H11NO2.2C6H13N.C5H10.2C4H10S.C2H4O2.C2H4.CH5N/c1-3-18-14-13-17-12-8-11-16-10-7-5-4-6-9-15-2;1-3-5-7-10-15-11-8-6-9-12-16-13-14-17-4-2;1-3-5-6-7-8-9-11-15-13-10-12-14-4-2;1-2-3-4-7-11-8-5-6-9-12-14-10-13;1-2-3-4-5-8-6-10-7-9;1-3-9-7-5-4-6-8-2;1-3-5-6-7-8-4-2;2*1-2-3-4-5-7-9-6-8;2*1-3-5-6-7-4-2;3*1-3-5-4-2;1-4-2-3;2*1-2/h7,10,13-17H,3-6,8-9,11-12H2,1-2H3;7,10,13-16H,3-6,8-9,11-12H2,1-2H3;9-12,14-15H,3-8,13H2,1-2H3;4,6-7,9-12H,2-3,5,8H2,1H3;4-5,7-8H,2-3,6H2,1H3;4,6,8H,3,5,7H2,1-2H3;6-8H,3-5H2,1-2H3;2*4-7H,2-3H2,1H3;2*5-7H,3-4H2,1-2H3;3H,1,4-5H2,2H3;2*3-4H2,1-2H3;2H,1H3;1-2H2;2H2,1H3. The summed E-state index contributed by atoms with van der Waals surface area (Å²) in [6.45, 7) is 67.8. The van der Waals surface area contributed by atoms with Crippen molar-refractivity contribution in [2.45, 2.75) is 338 Å². The summed E-state index contributed by atoms with van der Waals surface area (Å²) in [5.41, 5.74) is 11.5. The van der Waals surface area contributed by atoms with Gasteiger partial charge in [-0.25, -0.2) is 16.4 Å². The Balaban J connectivity index is -0.0000000826. The van der Waals surface area contributed by atoms with E-state index in [2.05, 4.69) is 371 Å². The van der Waals surface area contributed by atoms with Gasteiger partial charge in [0.1, 0.15) is 0 Å². The van der Waals surface area contributed by atoms with Crippen LogP contribution in [0.5, 0.6) is 0 Å². The number of ether oxygens (including phenoxy) is 2. The monoisotopic (exact) mass is 2160 g/mol. The van der Waals surface area contributed by atoms with Gasteiger partial charge in [0.25, 0.3) is 12.9 Å². The van der Waals surface area contributed by atoms with Crippen molar-refractivity contribution in [1.29, 1.82) is 0 Å². The van der Waals surface area contributed by atoms with Crippen molar-refractivity contribution >= 4 is 91.2 Å². The van der Waals surface area contributed by atoms with Crippen LogP contribution in [0.1, 0.15) is 338 Å². The first kappa shape index (κ1) is 177. The number of hydrogen-bond donors (Lipinski definition) is 17. The molecule has 0 saturated carbocycles. The first-order chi connectivity index (χ1) is 71.7. The molecule has 866 valence electrons. The Morgan fingerprint density at radius 3 is 0.911 bits per heavy atom. The zero-order chi connectivity index (χ0) is 113. The van der Waals surface area contributed by atoms with Crippen LogP contribution in [0.2, 0.25) is 0 Å². The van der Waals surface area contributed by atoms with Crippen molar-refractivity contribution in [3.63, 3.8) is 0 Å². The van der Waals surface area contributed by atoms with Crippen LogP contribution in [0.4, 0.5) is 0 Å². The Labute approximate surface area is 923 Å². The Morgan fingerprint density at radius 1 is 0.274 bits per heavy atom. The van der Waals surface area contributed by atoms with E-state index < -0.39 is 0 Å². The van der Waals surface area contributed by atoms with Gasteiger partial charge in [-0.1, -0.05) is 261 Å². The van der Waals surface area contributed by atoms with Crippen molar-refractivity contribution in [1.82, 2.24) is 85.6 Å². The van der Waals surface area contributed by atoms with Gasteiger partial charge < -0.3 is 98.8 Å². The van der Waals surface area contributed by atoms with E-state index >= 15 is 0 Å². The Morgan fingerprint density at radius 2 is 0.589 bits per heavy atom. The predicted octanol–water partition coefficient (Wildman–Crippen LogP) is 26.7. The van der Waals surface area contributed by atoms with Gasteiger partial charge in [0.15, 0.2) is 6.73 Å². The molecule has 0 atom stereocenters. The van der Waals surface area contributed by atoms with Gasteiger partial charge in [-0.3, -0.25) is 24.0 Å². The average Bonchev–Trinajstić information content (AvgIpc) is 1.13. The normalized spacial score (nSPS) is 9.96. The summed E-state index contributed by atoms with van der Waals surface area (Å²) in [4.78, 5) is 59.9. The fraction of sp³-hybridized carbons (Fsp3) is 0.658. The molecule has 0 aliphatic rings. The van der Waals surface area contributed by atoms with Crippen LogP contribution < -0.4 is 91.3 Å². The number of carbonyl (C=O) groups excluding carboxylic acids is 5. The second kappa shape index (κ2) is 234. The molecule has 0 amide bonds. The molecule has 0 spiro atoms. The van der Waals surface area contributed by atoms with Gasteiger partial charge in [-0.05, 0) is 302 Å². The van der Waals surface area contributed by atoms with Crippen molar-refractivity contribution in [3.8, 4) is 0 Å². The van der Waals surface area contributed by atoms with E-state index in [1.54, 1.807) is 24.8 Å². The number of unbranched alkanes of at least 4 members (excludes halogenated alkanes) is 15. The third-order valence-electron chi connectivity index (χ3n) is 15.3. The summed E-state index contributed by atoms with van der Waals surface area (Å²) >= 11 is 9.55. The molecule has 0 bridgehead atoms. The second-order valence-electron chi connectivity index (χ2n) is 28.2. The predicted molar refractivity (Wildman–Crippen MR) is 665 cm³/mol. The molecule has 0 heterocycles. The van der Waals surface area contributed by atoms with Crippen LogP contribution in [0.15, 0.2) is 209 Å². The maximum atomic E-state index is 9.70. The molecule has 0 fully saturated rings. The molecule has 0 aliphatic carbocycles. The lowest BCUT2D eigenvalue weighted by molar-refractivity contribution is -0.134. The fourth-order valence-electron chi connectivity index (χ4n) is 8.13. The number of methoxy groups -OCH3 is 1. The molecule has 146 heavy (non-hydrogen) atoms. The maximum absolute atomic E-state index is 9.70. The second-order valence-corrected chi connectivity index (χ2v) is 35.1. The number of hydrogen-bond acceptors (Lipinski definition) is 32. The molecule has 18 N–H and O–H groups in total. The van der Waals surface area contributed by atoms with Gasteiger partial charge in [-0.15, -0.1) is 43.3 Å². The molecular weight excluding hydrogens is 1930 g/mol. The summed E-state index contributed by atoms with van der Waals surface area (Å²) in [6, 6.07) is 0. The number of nitrogens with one attached hydrogen (secondary N) is 16. The highest BCUT2D eigenvalue weighted by Crippen LogP contribution is 2.04. The Hall–Kier alpha value is -8.40. The van der Waals surface area contributed by atoms with E-state index in [1.165, 1.54) is 164 Å². The molecular formula is C114H235N17O10S5. The number of thioether (sulfide) groups is 5. The largest absolute Gasteiger partial charge is 0.471 e. The Kier molecular flexibility index (Phi) is 283. The van der Waals surface area contributed by atoms with Gasteiger partial charge in [-0.2, -0.15) is 35.3 Å². The van der Waals surface area contributed by atoms with Gasteiger partial charge in [0.05, 0.1) is 7.11 Å². The van der Waals surface area contributed by atoms with E-state index in [0.29, 0.717) is 32.4 Å². The van der Waals surface area contributed by atoms with Crippen LogP contribution in [0.3, 0.4) is 0 Å². The average molecular weight is 2160 g/mol. The number of rotatable bonds is 82. The minimum Gasteiger partial charge on any atom is -0.471 e. The summed E-state index contributed by atoms with van der Waals surface area (Å²) in [6.07, 6.45) is 93.1. The van der Waals surface area contributed by atoms with Gasteiger partial charge in [0, 0.05) is 103 Å². The molecule has 27 nitrogen and oxygen atoms in total. The highest BCUT2D eigenvalue weighted by atomic mass is 32.2.